The average molecular weight is 513 g/mol. The first-order valence-corrected chi connectivity index (χ1v) is 16.5. The number of para-hydroxylation sites is 4. The molecule has 4 aromatic carbocycles. The van der Waals surface area contributed by atoms with Crippen LogP contribution in [0.15, 0.2) is 133 Å². The summed E-state index contributed by atoms with van der Waals surface area (Å²) in [6.45, 7) is 4.21. The van der Waals surface area contributed by atoms with Crippen molar-refractivity contribution < 1.29 is 17.7 Å². The molecule has 0 amide bonds. The summed E-state index contributed by atoms with van der Waals surface area (Å²) in [6, 6.07) is 40.8. The highest BCUT2D eigenvalue weighted by Crippen LogP contribution is 2.28. The molecular formula is C30H32O4Si2. The largest absolute Gasteiger partial charge is 0.509 e. The number of hydrogen-bond acceptors (Lipinski definition) is 4. The quantitative estimate of drug-likeness (QED) is 0.181. The summed E-state index contributed by atoms with van der Waals surface area (Å²) in [6.07, 6.45) is 0. The van der Waals surface area contributed by atoms with E-state index in [0.717, 1.165) is 23.0 Å². The van der Waals surface area contributed by atoms with Crippen molar-refractivity contribution in [2.24, 2.45) is 0 Å². The third-order valence-electron chi connectivity index (χ3n) is 5.71. The Bertz CT molecular complexity index is 1020. The first-order valence-electron chi connectivity index (χ1n) is 12.3. The van der Waals surface area contributed by atoms with Crippen LogP contribution < -0.4 is 17.7 Å². The van der Waals surface area contributed by atoms with Gasteiger partial charge in [0.25, 0.3) is 0 Å². The standard InChI is InChI=1S/C30H32O4Si2/c1-3-35(31-27-17-9-5-10-18-27,32-28-19-11-6-12-20-28)25-26-36(4-2,33-29-21-13-7-14-22-29)34-30-23-15-8-16-24-30/h5-26H,3-4H2,1-2H3. The molecule has 0 radical (unpaired) electrons. The molecule has 0 saturated heterocycles. The van der Waals surface area contributed by atoms with Crippen LogP contribution in [0.5, 0.6) is 23.0 Å². The summed E-state index contributed by atoms with van der Waals surface area (Å²) in [7, 11) is -5.83. The van der Waals surface area contributed by atoms with Crippen LogP contribution in [0, 0.1) is 0 Å². The molecule has 0 atom stereocenters. The third-order valence-corrected chi connectivity index (χ3v) is 11.7. The zero-order chi connectivity index (χ0) is 25.1. The summed E-state index contributed by atoms with van der Waals surface area (Å²) in [4.78, 5) is 0. The Balaban J connectivity index is 1.74. The smallest absolute Gasteiger partial charge is 0.487 e. The van der Waals surface area contributed by atoms with Gasteiger partial charge >= 0.3 is 17.1 Å². The van der Waals surface area contributed by atoms with Crippen LogP contribution in [-0.4, -0.2) is 17.1 Å². The first-order chi connectivity index (χ1) is 17.6. The Morgan fingerprint density at radius 3 is 0.833 bits per heavy atom. The molecule has 0 heterocycles. The molecule has 184 valence electrons. The van der Waals surface area contributed by atoms with Crippen molar-refractivity contribution in [2.45, 2.75) is 25.9 Å². The summed E-state index contributed by atoms with van der Waals surface area (Å²) in [5, 5.41) is 0. The van der Waals surface area contributed by atoms with Gasteiger partial charge in [0, 0.05) is 12.1 Å². The molecule has 4 nitrogen and oxygen atoms in total. The molecular weight excluding hydrogens is 480 g/mol. The van der Waals surface area contributed by atoms with Crippen LogP contribution in [0.25, 0.3) is 0 Å². The molecule has 0 spiro atoms. The molecule has 0 saturated carbocycles. The molecule has 4 aromatic rings. The highest BCUT2D eigenvalue weighted by molar-refractivity contribution is 6.79. The predicted molar refractivity (Wildman–Crippen MR) is 150 cm³/mol. The van der Waals surface area contributed by atoms with E-state index in [1.807, 2.05) is 121 Å². The second-order valence-corrected chi connectivity index (χ2v) is 14.5. The van der Waals surface area contributed by atoms with Crippen LogP contribution >= 0.6 is 0 Å². The Labute approximate surface area is 216 Å². The van der Waals surface area contributed by atoms with E-state index in [9.17, 15) is 0 Å². The zero-order valence-corrected chi connectivity index (χ0v) is 22.7. The van der Waals surface area contributed by atoms with E-state index in [0.29, 0.717) is 12.1 Å². The molecule has 36 heavy (non-hydrogen) atoms. The fourth-order valence-electron chi connectivity index (χ4n) is 3.71. The molecule has 6 heteroatoms. The minimum atomic E-state index is -2.92. The summed E-state index contributed by atoms with van der Waals surface area (Å²) >= 11 is 0. The topological polar surface area (TPSA) is 36.9 Å². The molecule has 0 fully saturated rings. The number of hydrogen-bond donors (Lipinski definition) is 0. The maximum Gasteiger partial charge on any atom is 0.487 e. The van der Waals surface area contributed by atoms with Gasteiger partial charge in [0.2, 0.25) is 0 Å². The lowest BCUT2D eigenvalue weighted by Crippen LogP contribution is -2.51. The van der Waals surface area contributed by atoms with E-state index in [4.69, 9.17) is 17.7 Å². The molecule has 0 aromatic heterocycles. The van der Waals surface area contributed by atoms with Crippen molar-refractivity contribution in [3.63, 3.8) is 0 Å². The van der Waals surface area contributed by atoms with Gasteiger partial charge in [-0.05, 0) is 59.9 Å². The second kappa shape index (κ2) is 12.3. The van der Waals surface area contributed by atoms with Gasteiger partial charge in [-0.1, -0.05) is 86.6 Å². The van der Waals surface area contributed by atoms with Crippen molar-refractivity contribution in [2.75, 3.05) is 0 Å². The van der Waals surface area contributed by atoms with Gasteiger partial charge in [0.1, 0.15) is 23.0 Å². The predicted octanol–water partition coefficient (Wildman–Crippen LogP) is 7.86. The number of benzene rings is 4. The minimum absolute atomic E-state index is 0.707. The third kappa shape index (κ3) is 6.90. The van der Waals surface area contributed by atoms with E-state index in [1.165, 1.54) is 0 Å². The molecule has 0 unspecified atom stereocenters. The van der Waals surface area contributed by atoms with E-state index in [-0.39, 0.29) is 0 Å². The van der Waals surface area contributed by atoms with Crippen LogP contribution in [0.4, 0.5) is 0 Å². The van der Waals surface area contributed by atoms with Gasteiger partial charge < -0.3 is 17.7 Å². The van der Waals surface area contributed by atoms with Gasteiger partial charge in [-0.2, -0.15) is 0 Å². The SMILES string of the molecule is CC[Si](C=C[Si](CC)(Oc1ccccc1)Oc1ccccc1)(Oc1ccccc1)Oc1ccccc1. The van der Waals surface area contributed by atoms with Crippen LogP contribution in [0.2, 0.25) is 12.1 Å². The van der Waals surface area contributed by atoms with E-state index < -0.39 is 17.1 Å². The van der Waals surface area contributed by atoms with Crippen LogP contribution in [0.1, 0.15) is 13.8 Å². The first kappa shape index (κ1) is 25.3. The van der Waals surface area contributed by atoms with Crippen molar-refractivity contribution in [1.29, 1.82) is 0 Å². The lowest BCUT2D eigenvalue weighted by Gasteiger charge is -2.31. The van der Waals surface area contributed by atoms with Crippen LogP contribution in [-0.2, 0) is 0 Å². The maximum absolute atomic E-state index is 6.64. The Hall–Kier alpha value is -3.75. The lowest BCUT2D eigenvalue weighted by molar-refractivity contribution is 0.391. The van der Waals surface area contributed by atoms with Gasteiger partial charge in [-0.3, -0.25) is 0 Å². The molecule has 0 N–H and O–H groups in total. The van der Waals surface area contributed by atoms with Gasteiger partial charge in [0.05, 0.1) is 0 Å². The lowest BCUT2D eigenvalue weighted by atomic mass is 10.3. The van der Waals surface area contributed by atoms with Crippen LogP contribution in [0.3, 0.4) is 0 Å². The summed E-state index contributed by atoms with van der Waals surface area (Å²) in [5.74, 6) is 3.12. The van der Waals surface area contributed by atoms with Gasteiger partial charge in [-0.15, -0.1) is 0 Å². The Morgan fingerprint density at radius 2 is 0.639 bits per heavy atom. The summed E-state index contributed by atoms with van der Waals surface area (Å²) < 4.78 is 26.5. The Morgan fingerprint density at radius 1 is 0.417 bits per heavy atom. The van der Waals surface area contributed by atoms with E-state index in [1.54, 1.807) is 0 Å². The van der Waals surface area contributed by atoms with Crippen molar-refractivity contribution >= 4 is 17.1 Å². The minimum Gasteiger partial charge on any atom is -0.509 e. The highest BCUT2D eigenvalue weighted by Gasteiger charge is 2.43. The fraction of sp³-hybridized carbons (Fsp3) is 0.133. The number of rotatable bonds is 12. The Kier molecular flexibility index (Phi) is 8.65. The van der Waals surface area contributed by atoms with Gasteiger partial charge in [0.15, 0.2) is 0 Å². The second-order valence-electron chi connectivity index (χ2n) is 8.32. The normalized spacial score (nSPS) is 11.7. The monoisotopic (exact) mass is 512 g/mol. The van der Waals surface area contributed by atoms with E-state index in [2.05, 4.69) is 25.2 Å². The van der Waals surface area contributed by atoms with Crippen molar-refractivity contribution in [3.8, 4) is 23.0 Å². The zero-order valence-electron chi connectivity index (χ0n) is 20.7. The fourth-order valence-corrected chi connectivity index (χ4v) is 9.28. The average Bonchev–Trinajstić information content (AvgIpc) is 2.94. The molecule has 0 aliphatic heterocycles. The van der Waals surface area contributed by atoms with E-state index >= 15 is 0 Å². The van der Waals surface area contributed by atoms with Gasteiger partial charge in [-0.25, -0.2) is 0 Å². The van der Waals surface area contributed by atoms with Crippen molar-refractivity contribution in [3.05, 3.63) is 133 Å². The molecule has 0 aliphatic carbocycles. The molecule has 4 rings (SSSR count). The highest BCUT2D eigenvalue weighted by atomic mass is 28.4. The molecule has 0 aliphatic rings. The van der Waals surface area contributed by atoms with Crippen molar-refractivity contribution in [1.82, 2.24) is 0 Å². The maximum atomic E-state index is 6.64. The summed E-state index contributed by atoms with van der Waals surface area (Å²) in [5.41, 5.74) is 4.21. The molecule has 0 bridgehead atoms.